The molecule has 0 fully saturated rings. The Bertz CT molecular complexity index is 28.6. The van der Waals surface area contributed by atoms with Gasteiger partial charge in [0.15, 0.2) is 0 Å². The van der Waals surface area contributed by atoms with E-state index in [0.717, 1.165) is 0 Å². The average Bonchev–Trinajstić information content (AvgIpc) is 0.918. The third-order valence-corrected chi connectivity index (χ3v) is 0. The summed E-state index contributed by atoms with van der Waals surface area (Å²) in [7, 11) is 0. The van der Waals surface area contributed by atoms with Crippen molar-refractivity contribution < 1.29 is 6.15 Å². The molecule has 0 aliphatic rings. The van der Waals surface area contributed by atoms with Gasteiger partial charge < -0.3 is 0 Å². The Labute approximate surface area is 126 Å². The van der Waals surface area contributed by atoms with Gasteiger partial charge in [-0.25, -0.2) is 0 Å². The molecule has 0 amide bonds. The van der Waals surface area contributed by atoms with E-state index in [1.54, 1.807) is 0 Å². The van der Waals surface area contributed by atoms with Crippen molar-refractivity contribution in [3.63, 3.8) is 0 Å². The molecule has 0 saturated carbocycles. The molecular weight excluding hydrogens is 229 g/mol. The molecule has 0 aromatic rings. The summed E-state index contributed by atoms with van der Waals surface area (Å²) in [5.41, 5.74) is 0. The van der Waals surface area contributed by atoms with Crippen molar-refractivity contribution in [1.82, 2.24) is 0 Å². The molecule has 5 heavy (non-hydrogen) atoms. The minimum atomic E-state index is -2.27. The van der Waals surface area contributed by atoms with E-state index in [1.807, 2.05) is 0 Å². The molecule has 2 radical (unpaired) electrons. The topological polar surface area (TPSA) is 34.1 Å². The Morgan fingerprint density at radius 3 is 1.00 bits per heavy atom. The van der Waals surface area contributed by atoms with Crippen LogP contribution in [0.5, 0.6) is 0 Å². The van der Waals surface area contributed by atoms with Gasteiger partial charge in [-0.1, -0.05) is 0 Å². The van der Waals surface area contributed by atoms with Crippen molar-refractivity contribution in [3.8, 4) is 0 Å². The molecular formula is K2O2Sn. The number of rotatable bonds is 0. The molecule has 0 bridgehead atoms. The van der Waals surface area contributed by atoms with Gasteiger partial charge in [-0.2, -0.15) is 0 Å². The van der Waals surface area contributed by atoms with Crippen molar-refractivity contribution in [2.45, 2.75) is 0 Å². The van der Waals surface area contributed by atoms with Crippen LogP contribution in [0.2, 0.25) is 0 Å². The third-order valence-electron chi connectivity index (χ3n) is 0. The van der Waals surface area contributed by atoms with Crippen LogP contribution in [-0.4, -0.2) is 124 Å². The van der Waals surface area contributed by atoms with E-state index in [-0.39, 0.29) is 103 Å². The standard InChI is InChI=1S/2K.2O.Sn. The van der Waals surface area contributed by atoms with Crippen LogP contribution in [0.4, 0.5) is 0 Å². The first-order valence-electron chi connectivity index (χ1n) is 0.408. The molecule has 0 heterocycles. The van der Waals surface area contributed by atoms with Crippen molar-refractivity contribution in [1.29, 1.82) is 0 Å². The molecule has 0 unspecified atom stereocenters. The van der Waals surface area contributed by atoms with Crippen LogP contribution in [0.25, 0.3) is 0 Å². The van der Waals surface area contributed by atoms with E-state index in [9.17, 15) is 0 Å². The molecule has 0 aliphatic carbocycles. The van der Waals surface area contributed by atoms with Crippen LogP contribution in [-0.2, 0) is 6.15 Å². The van der Waals surface area contributed by atoms with Gasteiger partial charge in [-0.05, 0) is 0 Å². The van der Waals surface area contributed by atoms with Gasteiger partial charge in [0.1, 0.15) is 0 Å². The zero-order valence-electron chi connectivity index (χ0n) is 3.32. The molecule has 0 aliphatic heterocycles. The van der Waals surface area contributed by atoms with Crippen LogP contribution >= 0.6 is 0 Å². The van der Waals surface area contributed by atoms with E-state index in [0.29, 0.717) is 0 Å². The fourth-order valence-corrected chi connectivity index (χ4v) is 0. The first kappa shape index (κ1) is 15.9. The van der Waals surface area contributed by atoms with Crippen molar-refractivity contribution in [2.75, 3.05) is 0 Å². The first-order chi connectivity index (χ1) is 1.41. The summed E-state index contributed by atoms with van der Waals surface area (Å²) in [6, 6.07) is 0. The second kappa shape index (κ2) is 15.6. The van der Waals surface area contributed by atoms with E-state index in [2.05, 4.69) is 0 Å². The summed E-state index contributed by atoms with van der Waals surface area (Å²) in [5, 5.41) is 0. The summed E-state index contributed by atoms with van der Waals surface area (Å²) in [6.07, 6.45) is 0. The Balaban J connectivity index is -0.0000000200. The zero-order chi connectivity index (χ0) is 2.71. The Hall–Kier alpha value is 3.67. The fraction of sp³-hybridized carbons (Fsp3) is 0. The van der Waals surface area contributed by atoms with E-state index in [1.165, 1.54) is 0 Å². The Morgan fingerprint density at radius 2 is 1.00 bits per heavy atom. The monoisotopic (exact) mass is 230 g/mol. The van der Waals surface area contributed by atoms with Gasteiger partial charge in [-0.15, -0.1) is 0 Å². The van der Waals surface area contributed by atoms with Crippen molar-refractivity contribution in [3.05, 3.63) is 0 Å². The van der Waals surface area contributed by atoms with Gasteiger partial charge in [0.2, 0.25) is 0 Å². The van der Waals surface area contributed by atoms with Crippen LogP contribution in [0.15, 0.2) is 0 Å². The number of hydrogen-bond donors (Lipinski definition) is 0. The predicted octanol–water partition coefficient (Wildman–Crippen LogP) is -1.38. The van der Waals surface area contributed by atoms with Gasteiger partial charge in [0.05, 0.1) is 0 Å². The molecule has 5 heteroatoms. The first-order valence-corrected chi connectivity index (χ1v) is 2.74. The summed E-state index contributed by atoms with van der Waals surface area (Å²) in [5.74, 6) is 0. The SMILES string of the molecule is [K].[K].[O]=[Sn]=[O]. The summed E-state index contributed by atoms with van der Waals surface area (Å²) in [4.78, 5) is 0. The second-order valence-electron chi connectivity index (χ2n) is 0.0833. The van der Waals surface area contributed by atoms with Crippen LogP contribution < -0.4 is 0 Å². The minimum absolute atomic E-state index is 0. The van der Waals surface area contributed by atoms with Crippen molar-refractivity contribution >= 4 is 124 Å². The maximum atomic E-state index is 8.54. The van der Waals surface area contributed by atoms with E-state index < -0.39 is 21.1 Å². The van der Waals surface area contributed by atoms with Crippen molar-refractivity contribution in [2.24, 2.45) is 0 Å². The summed E-state index contributed by atoms with van der Waals surface area (Å²) >= 11 is -2.27. The Kier molecular flexibility index (Phi) is 49.6. The van der Waals surface area contributed by atoms with E-state index >= 15 is 0 Å². The molecule has 0 atom stereocenters. The van der Waals surface area contributed by atoms with Gasteiger partial charge >= 0.3 is 27.3 Å². The third kappa shape index (κ3) is 18.3. The molecule has 0 aromatic heterocycles. The quantitative estimate of drug-likeness (QED) is 0.479. The molecule has 0 aromatic carbocycles. The summed E-state index contributed by atoms with van der Waals surface area (Å²) < 4.78 is 17.1. The second-order valence-corrected chi connectivity index (χ2v) is 0.559. The average molecular weight is 229 g/mol. The molecule has 0 rings (SSSR count). The molecule has 2 nitrogen and oxygen atoms in total. The zero-order valence-corrected chi connectivity index (χ0v) is 12.4. The van der Waals surface area contributed by atoms with Gasteiger partial charge in [0.25, 0.3) is 0 Å². The van der Waals surface area contributed by atoms with Crippen LogP contribution in [0.1, 0.15) is 0 Å². The molecule has 0 N–H and O–H groups in total. The van der Waals surface area contributed by atoms with Crippen LogP contribution in [0.3, 0.4) is 0 Å². The van der Waals surface area contributed by atoms with E-state index in [4.69, 9.17) is 6.15 Å². The van der Waals surface area contributed by atoms with Gasteiger partial charge in [0, 0.05) is 103 Å². The van der Waals surface area contributed by atoms with Crippen LogP contribution in [0, 0.1) is 0 Å². The maximum absolute atomic E-state index is 8.54. The Morgan fingerprint density at radius 1 is 1.00 bits per heavy atom. The number of hydrogen-bond acceptors (Lipinski definition) is 2. The summed E-state index contributed by atoms with van der Waals surface area (Å²) in [6.45, 7) is 0. The fourth-order valence-electron chi connectivity index (χ4n) is 0. The molecule has 0 saturated heterocycles. The predicted molar refractivity (Wildman–Crippen MR) is 18.6 cm³/mol. The molecule has 18 valence electrons. The normalized spacial score (nSPS) is 1.60. The van der Waals surface area contributed by atoms with Gasteiger partial charge in [-0.3, -0.25) is 0 Å². The molecule has 0 spiro atoms.